The zero-order chi connectivity index (χ0) is 6.85. The Morgan fingerprint density at radius 1 is 1.67 bits per heavy atom. The first-order valence-corrected chi connectivity index (χ1v) is 4.04. The average molecular weight is 302 g/mol. The summed E-state index contributed by atoms with van der Waals surface area (Å²) < 4.78 is 13.7. The molecule has 4 heteroatoms. The molecule has 0 saturated heterocycles. The summed E-state index contributed by atoms with van der Waals surface area (Å²) in [5.74, 6) is -0.457. The Balaban J connectivity index is 3.25. The SMILES string of the molecule is Fc1nccc(I)c1Br. The summed E-state index contributed by atoms with van der Waals surface area (Å²) in [6.07, 6.45) is 1.43. The van der Waals surface area contributed by atoms with Crippen molar-refractivity contribution in [3.8, 4) is 0 Å². The van der Waals surface area contributed by atoms with E-state index in [0.29, 0.717) is 4.47 Å². The maximum atomic E-state index is 12.4. The number of pyridine rings is 1. The van der Waals surface area contributed by atoms with Crippen LogP contribution < -0.4 is 0 Å². The van der Waals surface area contributed by atoms with Crippen molar-refractivity contribution in [1.82, 2.24) is 4.98 Å². The third-order valence-electron chi connectivity index (χ3n) is 0.800. The van der Waals surface area contributed by atoms with Gasteiger partial charge in [0, 0.05) is 9.77 Å². The first-order valence-electron chi connectivity index (χ1n) is 2.17. The molecule has 1 heterocycles. The molecule has 9 heavy (non-hydrogen) atoms. The third-order valence-corrected chi connectivity index (χ3v) is 3.19. The highest BCUT2D eigenvalue weighted by atomic mass is 127. The summed E-state index contributed by atoms with van der Waals surface area (Å²) in [4.78, 5) is 3.42. The first kappa shape index (κ1) is 7.40. The number of nitrogens with zero attached hydrogens (tertiary/aromatic N) is 1. The van der Waals surface area contributed by atoms with Crippen molar-refractivity contribution in [2.45, 2.75) is 0 Å². The molecule has 1 aromatic heterocycles. The predicted molar refractivity (Wildman–Crippen MR) is 44.6 cm³/mol. The fourth-order valence-electron chi connectivity index (χ4n) is 0.397. The van der Waals surface area contributed by atoms with Crippen molar-refractivity contribution in [3.05, 3.63) is 26.3 Å². The van der Waals surface area contributed by atoms with Gasteiger partial charge in [0.25, 0.3) is 0 Å². The molecule has 1 nitrogen and oxygen atoms in total. The highest BCUT2D eigenvalue weighted by Gasteiger charge is 2.01. The Bertz CT molecular complexity index is 208. The topological polar surface area (TPSA) is 12.9 Å². The van der Waals surface area contributed by atoms with E-state index in [1.54, 1.807) is 6.07 Å². The van der Waals surface area contributed by atoms with Crippen LogP contribution in [0.4, 0.5) is 4.39 Å². The summed E-state index contributed by atoms with van der Waals surface area (Å²) in [6, 6.07) is 1.73. The average Bonchev–Trinajstić information content (AvgIpc) is 1.83. The lowest BCUT2D eigenvalue weighted by atomic mass is 10.5. The molecule has 0 bridgehead atoms. The van der Waals surface area contributed by atoms with Gasteiger partial charge in [-0.05, 0) is 44.6 Å². The van der Waals surface area contributed by atoms with E-state index in [4.69, 9.17) is 0 Å². The Hall–Kier alpha value is 0.290. The lowest BCUT2D eigenvalue weighted by molar-refractivity contribution is 0.575. The van der Waals surface area contributed by atoms with Gasteiger partial charge >= 0.3 is 0 Å². The number of hydrogen-bond donors (Lipinski definition) is 0. The van der Waals surface area contributed by atoms with Crippen LogP contribution >= 0.6 is 38.5 Å². The van der Waals surface area contributed by atoms with Crippen LogP contribution in [0.2, 0.25) is 0 Å². The molecule has 0 radical (unpaired) electrons. The smallest absolute Gasteiger partial charge is 0.227 e. The molecule has 0 saturated carbocycles. The number of halogens is 3. The first-order chi connectivity index (χ1) is 4.22. The van der Waals surface area contributed by atoms with Gasteiger partial charge in [0.1, 0.15) is 0 Å². The highest BCUT2D eigenvalue weighted by molar-refractivity contribution is 14.1. The van der Waals surface area contributed by atoms with Crippen LogP contribution in [0.5, 0.6) is 0 Å². The quantitative estimate of drug-likeness (QED) is 0.530. The minimum atomic E-state index is -0.457. The number of rotatable bonds is 0. The van der Waals surface area contributed by atoms with Crippen LogP contribution in [0.3, 0.4) is 0 Å². The molecule has 0 unspecified atom stereocenters. The fraction of sp³-hybridized carbons (Fsp3) is 0. The molecule has 0 aromatic carbocycles. The Morgan fingerprint density at radius 2 is 2.33 bits per heavy atom. The zero-order valence-electron chi connectivity index (χ0n) is 4.24. The minimum Gasteiger partial charge on any atom is -0.227 e. The summed E-state index contributed by atoms with van der Waals surface area (Å²) in [5, 5.41) is 0. The van der Waals surface area contributed by atoms with Crippen LogP contribution in [-0.4, -0.2) is 4.98 Å². The van der Waals surface area contributed by atoms with Gasteiger partial charge in [-0.1, -0.05) is 0 Å². The van der Waals surface area contributed by atoms with E-state index >= 15 is 0 Å². The van der Waals surface area contributed by atoms with Crippen LogP contribution in [0.25, 0.3) is 0 Å². The van der Waals surface area contributed by atoms with Gasteiger partial charge in [-0.15, -0.1) is 0 Å². The fourth-order valence-corrected chi connectivity index (χ4v) is 1.01. The third kappa shape index (κ3) is 1.61. The Morgan fingerprint density at radius 3 is 2.78 bits per heavy atom. The second kappa shape index (κ2) is 2.92. The summed E-state index contributed by atoms with van der Waals surface area (Å²) >= 11 is 5.06. The monoisotopic (exact) mass is 301 g/mol. The molecule has 1 aromatic rings. The minimum absolute atomic E-state index is 0.436. The highest BCUT2D eigenvalue weighted by Crippen LogP contribution is 2.19. The van der Waals surface area contributed by atoms with Gasteiger partial charge in [0.2, 0.25) is 5.95 Å². The standard InChI is InChI=1S/C5H2BrFIN/c6-4-3(8)1-2-9-5(4)7/h1-2H. The lowest BCUT2D eigenvalue weighted by Crippen LogP contribution is -1.84. The van der Waals surface area contributed by atoms with Gasteiger partial charge in [-0.2, -0.15) is 4.39 Å². The summed E-state index contributed by atoms with van der Waals surface area (Å²) in [5.41, 5.74) is 0. The maximum Gasteiger partial charge on any atom is 0.228 e. The Kier molecular flexibility index (Phi) is 2.40. The van der Waals surface area contributed by atoms with Crippen molar-refractivity contribution in [2.24, 2.45) is 0 Å². The van der Waals surface area contributed by atoms with E-state index in [0.717, 1.165) is 3.57 Å². The van der Waals surface area contributed by atoms with Gasteiger partial charge in [-0.25, -0.2) is 4.98 Å². The Labute approximate surface area is 73.9 Å². The van der Waals surface area contributed by atoms with Crippen molar-refractivity contribution in [3.63, 3.8) is 0 Å². The lowest BCUT2D eigenvalue weighted by Gasteiger charge is -1.92. The van der Waals surface area contributed by atoms with Crippen LogP contribution in [-0.2, 0) is 0 Å². The molecule has 0 aliphatic heterocycles. The van der Waals surface area contributed by atoms with Crippen molar-refractivity contribution < 1.29 is 4.39 Å². The van der Waals surface area contributed by atoms with Crippen molar-refractivity contribution in [1.29, 1.82) is 0 Å². The molecule has 0 aliphatic rings. The summed E-state index contributed by atoms with van der Waals surface area (Å²) in [7, 11) is 0. The van der Waals surface area contributed by atoms with Gasteiger partial charge in [-0.3, -0.25) is 0 Å². The normalized spacial score (nSPS) is 9.67. The van der Waals surface area contributed by atoms with Gasteiger partial charge < -0.3 is 0 Å². The molecular formula is C5H2BrFIN. The van der Waals surface area contributed by atoms with E-state index in [-0.39, 0.29) is 0 Å². The van der Waals surface area contributed by atoms with Crippen molar-refractivity contribution in [2.75, 3.05) is 0 Å². The summed E-state index contributed by atoms with van der Waals surface area (Å²) in [6.45, 7) is 0. The van der Waals surface area contributed by atoms with E-state index in [1.165, 1.54) is 6.20 Å². The molecule has 1 rings (SSSR count). The molecule has 48 valence electrons. The van der Waals surface area contributed by atoms with Crippen LogP contribution in [0, 0.1) is 9.52 Å². The molecule has 0 spiro atoms. The van der Waals surface area contributed by atoms with Crippen molar-refractivity contribution >= 4 is 38.5 Å². The second-order valence-corrected chi connectivity index (χ2v) is 3.35. The van der Waals surface area contributed by atoms with E-state index in [1.807, 2.05) is 22.6 Å². The number of aromatic nitrogens is 1. The van der Waals surface area contributed by atoms with Gasteiger partial charge in [0.05, 0.1) is 4.47 Å². The second-order valence-electron chi connectivity index (χ2n) is 1.40. The number of hydrogen-bond acceptors (Lipinski definition) is 1. The molecule has 0 fully saturated rings. The largest absolute Gasteiger partial charge is 0.228 e. The molecule has 0 aliphatic carbocycles. The van der Waals surface area contributed by atoms with E-state index < -0.39 is 5.95 Å². The maximum absolute atomic E-state index is 12.4. The molecule has 0 atom stereocenters. The molecule has 0 N–H and O–H groups in total. The predicted octanol–water partition coefficient (Wildman–Crippen LogP) is 2.59. The molecular weight excluding hydrogens is 300 g/mol. The molecule has 0 amide bonds. The van der Waals surface area contributed by atoms with E-state index in [2.05, 4.69) is 20.9 Å². The van der Waals surface area contributed by atoms with E-state index in [9.17, 15) is 4.39 Å². The van der Waals surface area contributed by atoms with Crippen LogP contribution in [0.15, 0.2) is 16.7 Å². The van der Waals surface area contributed by atoms with Gasteiger partial charge in [0.15, 0.2) is 0 Å². The van der Waals surface area contributed by atoms with Crippen LogP contribution in [0.1, 0.15) is 0 Å². The zero-order valence-corrected chi connectivity index (χ0v) is 7.98.